The molecule has 3 unspecified atom stereocenters. The minimum Gasteiger partial charge on any atom is -0.299 e. The van der Waals surface area contributed by atoms with Crippen molar-refractivity contribution in [3.05, 3.63) is 41.9 Å². The van der Waals surface area contributed by atoms with Gasteiger partial charge in [-0.15, -0.1) is 11.8 Å². The predicted octanol–water partition coefficient (Wildman–Crippen LogP) is 1.01. The lowest BCUT2D eigenvalue weighted by molar-refractivity contribution is -0.133. The van der Waals surface area contributed by atoms with Gasteiger partial charge in [0.05, 0.1) is 11.2 Å². The van der Waals surface area contributed by atoms with Gasteiger partial charge in [-0.25, -0.2) is 25.4 Å². The van der Waals surface area contributed by atoms with E-state index in [2.05, 4.69) is 25.7 Å². The summed E-state index contributed by atoms with van der Waals surface area (Å²) in [6.45, 7) is 3.69. The van der Waals surface area contributed by atoms with Crippen molar-refractivity contribution in [2.24, 2.45) is 5.92 Å². The molecule has 2 N–H and O–H groups in total. The van der Waals surface area contributed by atoms with Crippen LogP contribution in [0.15, 0.2) is 35.5 Å². The van der Waals surface area contributed by atoms with Crippen molar-refractivity contribution in [2.45, 2.75) is 37.5 Å². The van der Waals surface area contributed by atoms with E-state index in [1.54, 1.807) is 18.0 Å². The van der Waals surface area contributed by atoms with Crippen molar-refractivity contribution in [3.63, 3.8) is 0 Å². The van der Waals surface area contributed by atoms with Gasteiger partial charge in [-0.1, -0.05) is 6.07 Å². The van der Waals surface area contributed by atoms with Crippen LogP contribution in [0, 0.1) is 19.8 Å². The number of nitrogens with zero attached hydrogens (tertiary/aromatic N) is 4. The molecule has 2 aliphatic heterocycles. The molecule has 9 heteroatoms. The fraction of sp³-hybridized carbons (Fsp3) is 0.389. The van der Waals surface area contributed by atoms with Crippen molar-refractivity contribution >= 4 is 29.4 Å². The third-order valence-electron chi connectivity index (χ3n) is 4.54. The Bertz CT molecular complexity index is 857. The Balaban J connectivity index is 1.47. The molecule has 2 fully saturated rings. The van der Waals surface area contributed by atoms with Gasteiger partial charge in [0.1, 0.15) is 11.7 Å². The molecule has 4 rings (SSSR count). The zero-order valence-corrected chi connectivity index (χ0v) is 15.9. The van der Waals surface area contributed by atoms with Gasteiger partial charge in [-0.2, -0.15) is 0 Å². The van der Waals surface area contributed by atoms with Crippen molar-refractivity contribution in [1.82, 2.24) is 25.7 Å². The third-order valence-corrected chi connectivity index (χ3v) is 5.64. The number of anilines is 1. The molecular weight excluding hydrogens is 364 g/mol. The second kappa shape index (κ2) is 7.34. The fourth-order valence-corrected chi connectivity index (χ4v) is 4.28. The molecule has 0 radical (unpaired) electrons. The first-order valence-corrected chi connectivity index (χ1v) is 9.75. The largest absolute Gasteiger partial charge is 0.299 e. The number of carbonyl (C=O) groups is 2. The van der Waals surface area contributed by atoms with E-state index in [1.165, 1.54) is 5.01 Å². The maximum Gasteiger partial charge on any atom is 0.257 e. The van der Waals surface area contributed by atoms with Crippen molar-refractivity contribution in [1.29, 1.82) is 0 Å². The number of carbonyl (C=O) groups excluding carboxylic acids is 2. The number of piperidine rings is 1. The number of fused-ring (bicyclic) bond motifs is 1. The molecule has 2 aliphatic rings. The number of pyridine rings is 1. The van der Waals surface area contributed by atoms with E-state index in [9.17, 15) is 9.59 Å². The Morgan fingerprint density at radius 1 is 1.22 bits per heavy atom. The van der Waals surface area contributed by atoms with Gasteiger partial charge in [0, 0.05) is 35.8 Å². The number of hydrogen-bond acceptors (Lipinski definition) is 8. The van der Waals surface area contributed by atoms with Gasteiger partial charge in [-0.3, -0.25) is 14.9 Å². The molecule has 3 atom stereocenters. The molecule has 140 valence electrons. The molecule has 0 bridgehead atoms. The second-order valence-corrected chi connectivity index (χ2v) is 7.76. The van der Waals surface area contributed by atoms with Crippen LogP contribution in [0.4, 0.5) is 5.95 Å². The molecule has 0 aromatic carbocycles. The minimum atomic E-state index is -0.745. The highest BCUT2D eigenvalue weighted by atomic mass is 32.2. The Kier molecular flexibility index (Phi) is 4.90. The number of amides is 1. The quantitative estimate of drug-likeness (QED) is 0.595. The van der Waals surface area contributed by atoms with Crippen LogP contribution in [-0.4, -0.2) is 44.6 Å². The van der Waals surface area contributed by atoms with E-state index in [-0.39, 0.29) is 23.7 Å². The summed E-state index contributed by atoms with van der Waals surface area (Å²) in [4.78, 5) is 38.3. The van der Waals surface area contributed by atoms with Crippen LogP contribution in [-0.2, 0) is 9.59 Å². The number of aromatic nitrogens is 3. The number of thioether (sulfide) groups is 1. The SMILES string of the molecule is Cc1cc(C)nc(N2NC3NC(CSc4ccccn4)CC(=O)C3C2=O)n1. The average molecular weight is 384 g/mol. The summed E-state index contributed by atoms with van der Waals surface area (Å²) < 4.78 is 0. The first-order valence-electron chi connectivity index (χ1n) is 8.76. The first-order chi connectivity index (χ1) is 13.0. The summed E-state index contributed by atoms with van der Waals surface area (Å²) in [5.41, 5.74) is 4.61. The van der Waals surface area contributed by atoms with Crippen molar-refractivity contribution < 1.29 is 9.59 Å². The van der Waals surface area contributed by atoms with Crippen LogP contribution in [0.25, 0.3) is 0 Å². The van der Waals surface area contributed by atoms with Crippen LogP contribution in [0.1, 0.15) is 17.8 Å². The summed E-state index contributed by atoms with van der Waals surface area (Å²) in [5, 5.41) is 5.59. The number of nitrogens with one attached hydrogen (secondary N) is 2. The summed E-state index contributed by atoms with van der Waals surface area (Å²) >= 11 is 1.59. The van der Waals surface area contributed by atoms with E-state index in [0.29, 0.717) is 12.2 Å². The van der Waals surface area contributed by atoms with E-state index in [0.717, 1.165) is 16.4 Å². The molecule has 4 heterocycles. The molecule has 2 aromatic rings. The summed E-state index contributed by atoms with van der Waals surface area (Å²) in [7, 11) is 0. The van der Waals surface area contributed by atoms with Crippen LogP contribution < -0.4 is 15.8 Å². The lowest BCUT2D eigenvalue weighted by atomic mass is 9.91. The van der Waals surface area contributed by atoms with E-state index in [4.69, 9.17) is 0 Å². The number of hydrogen-bond donors (Lipinski definition) is 2. The van der Waals surface area contributed by atoms with Crippen LogP contribution in [0.3, 0.4) is 0 Å². The zero-order chi connectivity index (χ0) is 19.0. The number of ketones is 1. The van der Waals surface area contributed by atoms with Gasteiger partial charge < -0.3 is 0 Å². The van der Waals surface area contributed by atoms with E-state index in [1.807, 2.05) is 38.1 Å². The van der Waals surface area contributed by atoms with Gasteiger partial charge in [-0.05, 0) is 32.0 Å². The summed E-state index contributed by atoms with van der Waals surface area (Å²) in [6, 6.07) is 7.55. The fourth-order valence-electron chi connectivity index (χ4n) is 3.39. The Hall–Kier alpha value is -2.36. The minimum absolute atomic E-state index is 0.0360. The van der Waals surface area contributed by atoms with Crippen molar-refractivity contribution in [2.75, 3.05) is 10.8 Å². The van der Waals surface area contributed by atoms with Gasteiger partial charge in [0.25, 0.3) is 5.91 Å². The molecule has 0 aliphatic carbocycles. The predicted molar refractivity (Wildman–Crippen MR) is 101 cm³/mol. The highest BCUT2D eigenvalue weighted by Crippen LogP contribution is 2.27. The summed E-state index contributed by atoms with van der Waals surface area (Å²) in [6.07, 6.45) is 1.62. The van der Waals surface area contributed by atoms with E-state index < -0.39 is 12.1 Å². The molecule has 1 amide bonds. The second-order valence-electron chi connectivity index (χ2n) is 6.72. The number of hydrazine groups is 1. The van der Waals surface area contributed by atoms with Gasteiger partial charge >= 0.3 is 0 Å². The van der Waals surface area contributed by atoms with E-state index >= 15 is 0 Å². The Morgan fingerprint density at radius 3 is 2.70 bits per heavy atom. The monoisotopic (exact) mass is 384 g/mol. The normalized spacial score (nSPS) is 25.0. The molecule has 0 saturated carbocycles. The molecule has 2 aromatic heterocycles. The molecule has 8 nitrogen and oxygen atoms in total. The topological polar surface area (TPSA) is 100 Å². The van der Waals surface area contributed by atoms with Gasteiger partial charge in [0.15, 0.2) is 0 Å². The van der Waals surface area contributed by atoms with Crippen LogP contribution in [0.5, 0.6) is 0 Å². The Labute approximate surface area is 161 Å². The maximum absolute atomic E-state index is 12.8. The van der Waals surface area contributed by atoms with Crippen LogP contribution >= 0.6 is 11.8 Å². The highest BCUT2D eigenvalue weighted by Gasteiger charge is 2.49. The number of Topliss-reactive ketones (excluding diaryl/α,β-unsaturated/α-hetero) is 1. The molecule has 2 saturated heterocycles. The smallest absolute Gasteiger partial charge is 0.257 e. The van der Waals surface area contributed by atoms with Crippen molar-refractivity contribution in [3.8, 4) is 0 Å². The Morgan fingerprint density at radius 2 is 2.00 bits per heavy atom. The lowest BCUT2D eigenvalue weighted by Gasteiger charge is -2.30. The molecule has 0 spiro atoms. The standard InChI is InChI=1S/C18H20N6O2S/c1-10-7-11(2)21-18(20-10)24-17(26)15-13(25)8-12(22-16(15)23-24)9-27-14-5-3-4-6-19-14/h3-7,12,15-16,22-23H,8-9H2,1-2H3. The summed E-state index contributed by atoms with van der Waals surface area (Å²) in [5.74, 6) is -0.137. The third kappa shape index (κ3) is 3.71. The lowest BCUT2D eigenvalue weighted by Crippen LogP contribution is -2.56. The van der Waals surface area contributed by atoms with Gasteiger partial charge in [0.2, 0.25) is 5.95 Å². The average Bonchev–Trinajstić information content (AvgIpc) is 2.97. The highest BCUT2D eigenvalue weighted by molar-refractivity contribution is 7.99. The molecule has 27 heavy (non-hydrogen) atoms. The first kappa shape index (κ1) is 18.0. The number of rotatable bonds is 4. The molecular formula is C18H20N6O2S. The van der Waals surface area contributed by atoms with Crippen LogP contribution in [0.2, 0.25) is 0 Å². The maximum atomic E-state index is 12.8. The zero-order valence-electron chi connectivity index (χ0n) is 15.0. The number of aryl methyl sites for hydroxylation is 2.